The van der Waals surface area contributed by atoms with Gasteiger partial charge in [-0.1, -0.05) is 19.9 Å². The second-order valence-corrected chi connectivity index (χ2v) is 6.73. The zero-order valence-electron chi connectivity index (χ0n) is 16.5. The number of unbranched alkanes of at least 4 members (excludes halogenated alkanes) is 1. The molecular formula is C19H36N4O2. The average Bonchev–Trinajstić information content (AvgIpc) is 2.61. The largest absolute Gasteiger partial charge is 0.464 e. The summed E-state index contributed by atoms with van der Waals surface area (Å²) < 4.78 is 5.33. The van der Waals surface area contributed by atoms with E-state index in [0.29, 0.717) is 13.0 Å². The van der Waals surface area contributed by atoms with Crippen molar-refractivity contribution in [2.24, 2.45) is 10.9 Å². The van der Waals surface area contributed by atoms with Gasteiger partial charge in [0.1, 0.15) is 6.61 Å². The van der Waals surface area contributed by atoms with Crippen molar-refractivity contribution in [3.8, 4) is 0 Å². The zero-order valence-corrected chi connectivity index (χ0v) is 16.5. The van der Waals surface area contributed by atoms with Crippen LogP contribution in [0, 0.1) is 5.92 Å². The molecular weight excluding hydrogens is 316 g/mol. The van der Waals surface area contributed by atoms with E-state index in [1.807, 2.05) is 25.1 Å². The van der Waals surface area contributed by atoms with Gasteiger partial charge in [-0.25, -0.2) is 0 Å². The number of carbonyl (C=O) groups is 1. The van der Waals surface area contributed by atoms with Gasteiger partial charge < -0.3 is 19.9 Å². The molecule has 1 N–H and O–H groups in total. The van der Waals surface area contributed by atoms with Crippen molar-refractivity contribution < 1.29 is 9.53 Å². The summed E-state index contributed by atoms with van der Waals surface area (Å²) in [5.41, 5.74) is 1.03. The zero-order chi connectivity index (χ0) is 18.5. The smallest absolute Gasteiger partial charge is 0.313 e. The van der Waals surface area contributed by atoms with Crippen molar-refractivity contribution in [3.05, 3.63) is 12.3 Å². The summed E-state index contributed by atoms with van der Waals surface area (Å²) in [6.45, 7) is 10.7. The Hall–Kier alpha value is -1.24. The van der Waals surface area contributed by atoms with Crippen LogP contribution in [0.1, 0.15) is 33.1 Å². The Balaban J connectivity index is 2.16. The first-order valence-electron chi connectivity index (χ1n) is 9.53. The maximum atomic E-state index is 12.1. The number of nitrogens with zero attached hydrogens (tertiary/aromatic N) is 3. The summed E-state index contributed by atoms with van der Waals surface area (Å²) in [6, 6.07) is 0. The van der Waals surface area contributed by atoms with Crippen molar-refractivity contribution in [1.29, 1.82) is 0 Å². The first-order valence-corrected chi connectivity index (χ1v) is 9.53. The summed E-state index contributed by atoms with van der Waals surface area (Å²) in [6.07, 6.45) is 6.60. The first-order chi connectivity index (χ1) is 12.1. The number of hydrogen-bond donors (Lipinski definition) is 1. The highest BCUT2D eigenvalue weighted by Crippen LogP contribution is 2.14. The minimum absolute atomic E-state index is 0.148. The van der Waals surface area contributed by atoms with E-state index in [1.54, 1.807) is 6.20 Å². The Bertz CT molecular complexity index is 431. The van der Waals surface area contributed by atoms with E-state index in [0.717, 1.165) is 44.9 Å². The predicted molar refractivity (Wildman–Crippen MR) is 104 cm³/mol. The average molecular weight is 353 g/mol. The maximum Gasteiger partial charge on any atom is 0.313 e. The number of rotatable bonds is 13. The van der Waals surface area contributed by atoms with Crippen LogP contribution in [0.3, 0.4) is 0 Å². The van der Waals surface area contributed by atoms with Gasteiger partial charge in [-0.15, -0.1) is 0 Å². The molecule has 0 radical (unpaired) electrons. The van der Waals surface area contributed by atoms with Gasteiger partial charge in [0, 0.05) is 31.4 Å². The summed E-state index contributed by atoms with van der Waals surface area (Å²) in [7, 11) is 3.93. The third kappa shape index (κ3) is 9.72. The van der Waals surface area contributed by atoms with Gasteiger partial charge in [-0.2, -0.15) is 0 Å². The lowest BCUT2D eigenvalue weighted by molar-refractivity contribution is -0.146. The number of aliphatic imine (C=N–C) groups is 1. The van der Waals surface area contributed by atoms with Gasteiger partial charge in [-0.05, 0) is 53.1 Å². The fourth-order valence-corrected chi connectivity index (χ4v) is 2.70. The van der Waals surface area contributed by atoms with Crippen molar-refractivity contribution in [3.63, 3.8) is 0 Å². The van der Waals surface area contributed by atoms with E-state index >= 15 is 0 Å². The molecule has 1 aliphatic rings. The highest BCUT2D eigenvalue weighted by atomic mass is 16.5. The van der Waals surface area contributed by atoms with Crippen LogP contribution in [0.25, 0.3) is 0 Å². The standard InChI is InChI=1S/C19H36N4O2/c1-5-23(6-2)12-8-7-10-20-16-18-15-17(9-11-21-18)19(24)25-14-13-22(3)4/h9,11,17,20H,5-8,10,12-16H2,1-4H3. The molecule has 0 aliphatic carbocycles. The third-order valence-electron chi connectivity index (χ3n) is 4.42. The van der Waals surface area contributed by atoms with E-state index in [4.69, 9.17) is 4.74 Å². The number of hydrogen-bond acceptors (Lipinski definition) is 6. The molecule has 0 aromatic carbocycles. The summed E-state index contributed by atoms with van der Waals surface area (Å²) in [4.78, 5) is 20.9. The van der Waals surface area contributed by atoms with Crippen LogP contribution < -0.4 is 5.32 Å². The molecule has 0 fully saturated rings. The van der Waals surface area contributed by atoms with Gasteiger partial charge in [-0.3, -0.25) is 9.79 Å². The molecule has 0 saturated heterocycles. The lowest BCUT2D eigenvalue weighted by Crippen LogP contribution is -2.30. The summed E-state index contributed by atoms with van der Waals surface area (Å²) >= 11 is 0. The SMILES string of the molecule is CCN(CC)CCCCNCC1=NC=CC(C(=O)OCCN(C)C)C1. The molecule has 1 rings (SSSR count). The predicted octanol–water partition coefficient (Wildman–Crippen LogP) is 1.78. The Morgan fingerprint density at radius 1 is 1.28 bits per heavy atom. The van der Waals surface area contributed by atoms with Crippen molar-refractivity contribution in [1.82, 2.24) is 15.1 Å². The van der Waals surface area contributed by atoms with E-state index in [2.05, 4.69) is 29.1 Å². The lowest BCUT2D eigenvalue weighted by Gasteiger charge is -2.19. The Morgan fingerprint density at radius 2 is 2.04 bits per heavy atom. The normalized spacial score (nSPS) is 17.2. The van der Waals surface area contributed by atoms with Crippen LogP contribution in [0.5, 0.6) is 0 Å². The number of likely N-dealkylation sites (N-methyl/N-ethyl adjacent to an activating group) is 1. The highest BCUT2D eigenvalue weighted by Gasteiger charge is 2.21. The molecule has 0 bridgehead atoms. The summed E-state index contributed by atoms with van der Waals surface area (Å²) in [5, 5.41) is 3.44. The van der Waals surface area contributed by atoms with Crippen LogP contribution in [0.15, 0.2) is 17.3 Å². The number of ether oxygens (including phenoxy) is 1. The molecule has 6 heteroatoms. The number of carbonyl (C=O) groups excluding carboxylic acids is 1. The topological polar surface area (TPSA) is 57.2 Å². The van der Waals surface area contributed by atoms with E-state index in [1.165, 1.54) is 13.0 Å². The molecule has 0 aromatic heterocycles. The van der Waals surface area contributed by atoms with Crippen molar-refractivity contribution in [2.45, 2.75) is 33.1 Å². The molecule has 25 heavy (non-hydrogen) atoms. The van der Waals surface area contributed by atoms with Gasteiger partial charge in [0.2, 0.25) is 0 Å². The highest BCUT2D eigenvalue weighted by molar-refractivity contribution is 5.92. The summed E-state index contributed by atoms with van der Waals surface area (Å²) in [5.74, 6) is -0.344. The molecule has 1 unspecified atom stereocenters. The van der Waals surface area contributed by atoms with E-state index in [-0.39, 0.29) is 11.9 Å². The van der Waals surface area contributed by atoms with Gasteiger partial charge in [0.05, 0.1) is 5.92 Å². The molecule has 0 saturated carbocycles. The lowest BCUT2D eigenvalue weighted by atomic mass is 10.00. The molecule has 0 aromatic rings. The molecule has 1 atom stereocenters. The fourth-order valence-electron chi connectivity index (χ4n) is 2.70. The quantitative estimate of drug-likeness (QED) is 0.404. The molecule has 1 heterocycles. The van der Waals surface area contributed by atoms with Crippen LogP contribution in [-0.2, 0) is 9.53 Å². The molecule has 0 amide bonds. The van der Waals surface area contributed by atoms with Crippen molar-refractivity contribution >= 4 is 11.7 Å². The Labute approximate surface area is 153 Å². The second-order valence-electron chi connectivity index (χ2n) is 6.73. The monoisotopic (exact) mass is 352 g/mol. The molecule has 1 aliphatic heterocycles. The van der Waals surface area contributed by atoms with Crippen LogP contribution in [-0.4, -0.2) is 81.5 Å². The fraction of sp³-hybridized carbons (Fsp3) is 0.789. The Kier molecular flexibility index (Phi) is 11.4. The van der Waals surface area contributed by atoms with E-state index < -0.39 is 0 Å². The van der Waals surface area contributed by atoms with Crippen LogP contribution >= 0.6 is 0 Å². The minimum Gasteiger partial charge on any atom is -0.464 e. The van der Waals surface area contributed by atoms with Crippen molar-refractivity contribution in [2.75, 3.05) is 60.0 Å². The van der Waals surface area contributed by atoms with Gasteiger partial charge in [0.15, 0.2) is 0 Å². The molecule has 144 valence electrons. The maximum absolute atomic E-state index is 12.1. The van der Waals surface area contributed by atoms with Crippen LogP contribution in [0.2, 0.25) is 0 Å². The number of nitrogens with one attached hydrogen (secondary N) is 1. The van der Waals surface area contributed by atoms with Gasteiger partial charge in [0.25, 0.3) is 0 Å². The van der Waals surface area contributed by atoms with Crippen LogP contribution in [0.4, 0.5) is 0 Å². The third-order valence-corrected chi connectivity index (χ3v) is 4.42. The van der Waals surface area contributed by atoms with Gasteiger partial charge >= 0.3 is 5.97 Å². The second kappa shape index (κ2) is 13.0. The Morgan fingerprint density at radius 3 is 2.72 bits per heavy atom. The first kappa shape index (κ1) is 21.8. The minimum atomic E-state index is -0.195. The van der Waals surface area contributed by atoms with E-state index in [9.17, 15) is 4.79 Å². The molecule has 6 nitrogen and oxygen atoms in total. The number of esters is 1. The molecule has 0 spiro atoms.